The van der Waals surface area contributed by atoms with Crippen molar-refractivity contribution in [2.24, 2.45) is 16.6 Å². The van der Waals surface area contributed by atoms with Gasteiger partial charge in [-0.15, -0.1) is 0 Å². The molecule has 1 atom stereocenters. The van der Waals surface area contributed by atoms with Crippen LogP contribution in [-0.2, 0) is 12.0 Å². The number of rotatable bonds is 3. The second kappa shape index (κ2) is 4.63. The number of nitrogens with zero attached hydrogens (tertiary/aromatic N) is 2. The molecule has 1 aromatic carbocycles. The Morgan fingerprint density at radius 2 is 1.94 bits per heavy atom. The van der Waals surface area contributed by atoms with Crippen LogP contribution in [0, 0.1) is 5.92 Å². The molecule has 0 aromatic heterocycles. The van der Waals surface area contributed by atoms with Crippen molar-refractivity contribution in [2.45, 2.75) is 32.7 Å². The molecule has 0 saturated heterocycles. The van der Waals surface area contributed by atoms with Crippen LogP contribution in [-0.4, -0.2) is 24.5 Å². The van der Waals surface area contributed by atoms with E-state index in [0.29, 0.717) is 11.9 Å². The first kappa shape index (κ1) is 12.9. The molecular weight excluding hydrogens is 222 g/mol. The molecule has 1 aromatic rings. The summed E-state index contributed by atoms with van der Waals surface area (Å²) in [6.07, 6.45) is 1.13. The molecule has 1 aliphatic heterocycles. The van der Waals surface area contributed by atoms with Crippen LogP contribution in [0.4, 0.5) is 0 Å². The molecule has 1 aliphatic rings. The fourth-order valence-electron chi connectivity index (χ4n) is 2.46. The van der Waals surface area contributed by atoms with Gasteiger partial charge in [-0.1, -0.05) is 38.1 Å². The zero-order valence-corrected chi connectivity index (χ0v) is 11.8. The van der Waals surface area contributed by atoms with Gasteiger partial charge in [0.1, 0.15) is 0 Å². The standard InChI is InChI=1S/C15H23N3/c1-11(2)9-12-5-7-13(8-6-12)15(3)10-17-14(16)18(15)4/h5-8,11H,9-10H2,1-4H3,(H2,16,17). The molecule has 0 saturated carbocycles. The van der Waals surface area contributed by atoms with Crippen molar-refractivity contribution in [2.75, 3.05) is 13.6 Å². The molecular formula is C15H23N3. The minimum Gasteiger partial charge on any atom is -0.370 e. The minimum atomic E-state index is -0.0968. The molecule has 1 unspecified atom stereocenters. The average Bonchev–Trinajstić information content (AvgIpc) is 2.58. The van der Waals surface area contributed by atoms with Crippen molar-refractivity contribution < 1.29 is 0 Å². The topological polar surface area (TPSA) is 41.6 Å². The van der Waals surface area contributed by atoms with E-state index >= 15 is 0 Å². The van der Waals surface area contributed by atoms with Crippen molar-refractivity contribution in [3.05, 3.63) is 35.4 Å². The molecule has 98 valence electrons. The first-order valence-electron chi connectivity index (χ1n) is 6.56. The molecule has 0 radical (unpaired) electrons. The molecule has 2 N–H and O–H groups in total. The highest BCUT2D eigenvalue weighted by Crippen LogP contribution is 2.31. The molecule has 2 rings (SSSR count). The van der Waals surface area contributed by atoms with Gasteiger partial charge in [0, 0.05) is 7.05 Å². The van der Waals surface area contributed by atoms with Crippen LogP contribution in [0.5, 0.6) is 0 Å². The summed E-state index contributed by atoms with van der Waals surface area (Å²) < 4.78 is 0. The highest BCUT2D eigenvalue weighted by molar-refractivity contribution is 5.81. The third-order valence-corrected chi connectivity index (χ3v) is 3.85. The third-order valence-electron chi connectivity index (χ3n) is 3.85. The van der Waals surface area contributed by atoms with E-state index in [4.69, 9.17) is 5.73 Å². The van der Waals surface area contributed by atoms with E-state index in [1.54, 1.807) is 0 Å². The summed E-state index contributed by atoms with van der Waals surface area (Å²) in [5.41, 5.74) is 8.44. The highest BCUT2D eigenvalue weighted by atomic mass is 15.3. The average molecular weight is 245 g/mol. The van der Waals surface area contributed by atoms with E-state index in [2.05, 4.69) is 54.9 Å². The van der Waals surface area contributed by atoms with Crippen LogP contribution >= 0.6 is 0 Å². The minimum absolute atomic E-state index is 0.0968. The Hall–Kier alpha value is -1.51. The van der Waals surface area contributed by atoms with Gasteiger partial charge in [0.15, 0.2) is 5.96 Å². The summed E-state index contributed by atoms with van der Waals surface area (Å²) in [4.78, 5) is 6.40. The van der Waals surface area contributed by atoms with Crippen molar-refractivity contribution in [3.63, 3.8) is 0 Å². The van der Waals surface area contributed by atoms with E-state index in [9.17, 15) is 0 Å². The van der Waals surface area contributed by atoms with Crippen LogP contribution in [0.15, 0.2) is 29.3 Å². The van der Waals surface area contributed by atoms with Crippen LogP contribution < -0.4 is 5.73 Å². The lowest BCUT2D eigenvalue weighted by molar-refractivity contribution is 0.267. The summed E-state index contributed by atoms with van der Waals surface area (Å²) in [5, 5.41) is 0. The Bertz CT molecular complexity index is 447. The van der Waals surface area contributed by atoms with E-state index in [-0.39, 0.29) is 5.54 Å². The molecule has 0 bridgehead atoms. The smallest absolute Gasteiger partial charge is 0.191 e. The zero-order chi connectivity index (χ0) is 13.3. The first-order valence-corrected chi connectivity index (χ1v) is 6.56. The molecule has 0 amide bonds. The zero-order valence-electron chi connectivity index (χ0n) is 11.8. The number of aliphatic imine (C=N–C) groups is 1. The number of hydrogen-bond donors (Lipinski definition) is 1. The summed E-state index contributed by atoms with van der Waals surface area (Å²) in [6, 6.07) is 8.87. The van der Waals surface area contributed by atoms with Gasteiger partial charge in [0.2, 0.25) is 0 Å². The molecule has 0 aliphatic carbocycles. The number of guanidine groups is 1. The van der Waals surface area contributed by atoms with Crippen molar-refractivity contribution in [3.8, 4) is 0 Å². The van der Waals surface area contributed by atoms with Crippen LogP contribution in [0.1, 0.15) is 31.9 Å². The number of likely N-dealkylation sites (N-methyl/N-ethyl adjacent to an activating group) is 1. The third kappa shape index (κ3) is 2.22. The summed E-state index contributed by atoms with van der Waals surface area (Å²) in [5.74, 6) is 1.32. The number of hydrogen-bond acceptors (Lipinski definition) is 3. The van der Waals surface area contributed by atoms with Gasteiger partial charge in [-0.25, -0.2) is 0 Å². The fraction of sp³-hybridized carbons (Fsp3) is 0.533. The van der Waals surface area contributed by atoms with Crippen LogP contribution in [0.25, 0.3) is 0 Å². The second-order valence-corrected chi connectivity index (χ2v) is 5.80. The summed E-state index contributed by atoms with van der Waals surface area (Å²) >= 11 is 0. The maximum absolute atomic E-state index is 5.86. The summed E-state index contributed by atoms with van der Waals surface area (Å²) in [6.45, 7) is 7.41. The Morgan fingerprint density at radius 3 is 2.39 bits per heavy atom. The van der Waals surface area contributed by atoms with Crippen molar-refractivity contribution >= 4 is 5.96 Å². The monoisotopic (exact) mass is 245 g/mol. The first-order chi connectivity index (χ1) is 8.43. The van der Waals surface area contributed by atoms with Gasteiger partial charge in [-0.2, -0.15) is 0 Å². The largest absolute Gasteiger partial charge is 0.370 e. The molecule has 1 heterocycles. The van der Waals surface area contributed by atoms with Crippen LogP contribution in [0.3, 0.4) is 0 Å². The quantitative estimate of drug-likeness (QED) is 0.888. The van der Waals surface area contributed by atoms with Gasteiger partial charge < -0.3 is 10.6 Å². The molecule has 3 heteroatoms. The van der Waals surface area contributed by atoms with E-state index < -0.39 is 0 Å². The predicted molar refractivity (Wildman–Crippen MR) is 76.6 cm³/mol. The van der Waals surface area contributed by atoms with Gasteiger partial charge in [0.05, 0.1) is 12.1 Å². The van der Waals surface area contributed by atoms with Crippen molar-refractivity contribution in [1.29, 1.82) is 0 Å². The van der Waals surface area contributed by atoms with E-state index in [0.717, 1.165) is 13.0 Å². The number of benzene rings is 1. The second-order valence-electron chi connectivity index (χ2n) is 5.80. The van der Waals surface area contributed by atoms with E-state index in [1.165, 1.54) is 11.1 Å². The Balaban J connectivity index is 2.20. The highest BCUT2D eigenvalue weighted by Gasteiger charge is 2.36. The molecule has 0 spiro atoms. The molecule has 18 heavy (non-hydrogen) atoms. The van der Waals surface area contributed by atoms with Gasteiger partial charge >= 0.3 is 0 Å². The Morgan fingerprint density at radius 1 is 1.33 bits per heavy atom. The van der Waals surface area contributed by atoms with Gasteiger partial charge in [-0.3, -0.25) is 4.99 Å². The Labute approximate surface area is 110 Å². The maximum atomic E-state index is 5.86. The lowest BCUT2D eigenvalue weighted by atomic mass is 9.90. The van der Waals surface area contributed by atoms with Gasteiger partial charge in [-0.05, 0) is 30.4 Å². The lowest BCUT2D eigenvalue weighted by Gasteiger charge is -2.33. The predicted octanol–water partition coefficient (Wildman–Crippen LogP) is 2.36. The van der Waals surface area contributed by atoms with Crippen LogP contribution in [0.2, 0.25) is 0 Å². The fourth-order valence-corrected chi connectivity index (χ4v) is 2.46. The Kier molecular flexibility index (Phi) is 3.33. The van der Waals surface area contributed by atoms with E-state index in [1.807, 2.05) is 7.05 Å². The normalized spacial score (nSPS) is 23.6. The SMILES string of the molecule is CC(C)Cc1ccc(C2(C)CN=C(N)N2C)cc1. The molecule has 3 nitrogen and oxygen atoms in total. The van der Waals surface area contributed by atoms with Crippen molar-refractivity contribution in [1.82, 2.24) is 4.90 Å². The maximum Gasteiger partial charge on any atom is 0.191 e. The lowest BCUT2D eigenvalue weighted by Crippen LogP contribution is -2.44. The van der Waals surface area contributed by atoms with Gasteiger partial charge in [0.25, 0.3) is 0 Å². The molecule has 0 fully saturated rings. The summed E-state index contributed by atoms with van der Waals surface area (Å²) in [7, 11) is 2.01. The number of nitrogens with two attached hydrogens (primary N) is 1.